The quantitative estimate of drug-likeness (QED) is 0.754. The van der Waals surface area contributed by atoms with Crippen molar-refractivity contribution < 1.29 is 9.90 Å². The van der Waals surface area contributed by atoms with Crippen molar-refractivity contribution >= 4 is 5.97 Å². The third-order valence-electron chi connectivity index (χ3n) is 3.20. The van der Waals surface area contributed by atoms with Crippen molar-refractivity contribution in [3.8, 4) is 0 Å². The molecule has 0 amide bonds. The summed E-state index contributed by atoms with van der Waals surface area (Å²) >= 11 is 0. The number of likely N-dealkylation sites (tertiary alicyclic amines) is 1. The van der Waals surface area contributed by atoms with Crippen LogP contribution in [0.3, 0.4) is 0 Å². The van der Waals surface area contributed by atoms with E-state index in [9.17, 15) is 4.79 Å². The summed E-state index contributed by atoms with van der Waals surface area (Å²) in [6, 6.07) is 0.228. The molecule has 0 bridgehead atoms. The van der Waals surface area contributed by atoms with Crippen molar-refractivity contribution in [3.63, 3.8) is 0 Å². The van der Waals surface area contributed by atoms with Gasteiger partial charge in [-0.15, -0.1) is 0 Å². The summed E-state index contributed by atoms with van der Waals surface area (Å²) < 4.78 is 0. The van der Waals surface area contributed by atoms with E-state index in [2.05, 4.69) is 25.7 Å². The summed E-state index contributed by atoms with van der Waals surface area (Å²) in [7, 11) is 0. The van der Waals surface area contributed by atoms with Crippen molar-refractivity contribution in [3.05, 3.63) is 0 Å². The fraction of sp³-hybridized carbons (Fsp3) is 0.909. The van der Waals surface area contributed by atoms with Crippen molar-refractivity contribution in [1.29, 1.82) is 0 Å². The number of piperidine rings is 1. The lowest BCUT2D eigenvalue weighted by molar-refractivity contribution is -0.147. The SMILES string of the molecule is CCN1CCC[C@H](C(=O)O)[C@H]1C(C)C. The molecule has 1 aliphatic heterocycles. The number of carbonyl (C=O) groups is 1. The van der Waals surface area contributed by atoms with Crippen molar-refractivity contribution in [2.45, 2.75) is 39.7 Å². The maximum Gasteiger partial charge on any atom is 0.308 e. The Balaban J connectivity index is 2.77. The molecule has 0 saturated carbocycles. The van der Waals surface area contributed by atoms with Gasteiger partial charge < -0.3 is 5.11 Å². The molecule has 0 aromatic heterocycles. The van der Waals surface area contributed by atoms with Gasteiger partial charge in [0, 0.05) is 6.04 Å². The highest BCUT2D eigenvalue weighted by Gasteiger charge is 2.36. The first-order chi connectivity index (χ1) is 6.57. The van der Waals surface area contributed by atoms with Crippen LogP contribution in [-0.4, -0.2) is 35.1 Å². The first-order valence-electron chi connectivity index (χ1n) is 5.54. The normalized spacial score (nSPS) is 29.4. The zero-order valence-corrected chi connectivity index (χ0v) is 9.36. The summed E-state index contributed by atoms with van der Waals surface area (Å²) in [5.74, 6) is -0.359. The minimum absolute atomic E-state index is 0.163. The van der Waals surface area contributed by atoms with E-state index in [1.165, 1.54) is 0 Å². The number of aliphatic carboxylic acids is 1. The Morgan fingerprint density at radius 1 is 1.57 bits per heavy atom. The Morgan fingerprint density at radius 3 is 2.64 bits per heavy atom. The zero-order chi connectivity index (χ0) is 10.7. The maximum atomic E-state index is 11.1. The van der Waals surface area contributed by atoms with Gasteiger partial charge in [0.2, 0.25) is 0 Å². The Morgan fingerprint density at radius 2 is 2.21 bits per heavy atom. The van der Waals surface area contributed by atoms with Gasteiger partial charge in [0.15, 0.2) is 0 Å². The van der Waals surface area contributed by atoms with Crippen LogP contribution in [0.25, 0.3) is 0 Å². The number of hydrogen-bond donors (Lipinski definition) is 1. The van der Waals surface area contributed by atoms with E-state index >= 15 is 0 Å². The summed E-state index contributed by atoms with van der Waals surface area (Å²) in [5, 5.41) is 9.14. The molecule has 1 aliphatic rings. The topological polar surface area (TPSA) is 40.5 Å². The molecule has 0 aromatic rings. The minimum Gasteiger partial charge on any atom is -0.481 e. The van der Waals surface area contributed by atoms with Crippen LogP contribution in [0, 0.1) is 11.8 Å². The van der Waals surface area contributed by atoms with Gasteiger partial charge in [-0.05, 0) is 31.8 Å². The van der Waals surface area contributed by atoms with Crippen LogP contribution in [0.1, 0.15) is 33.6 Å². The summed E-state index contributed by atoms with van der Waals surface area (Å²) in [6.45, 7) is 8.37. The summed E-state index contributed by atoms with van der Waals surface area (Å²) in [4.78, 5) is 13.4. The van der Waals surface area contributed by atoms with E-state index in [0.29, 0.717) is 5.92 Å². The number of nitrogens with zero attached hydrogens (tertiary/aromatic N) is 1. The molecule has 0 aromatic carbocycles. The molecule has 0 spiro atoms. The maximum absolute atomic E-state index is 11.1. The monoisotopic (exact) mass is 199 g/mol. The lowest BCUT2D eigenvalue weighted by atomic mass is 9.82. The molecule has 3 heteroatoms. The molecule has 14 heavy (non-hydrogen) atoms. The lowest BCUT2D eigenvalue weighted by Gasteiger charge is -2.41. The second-order valence-electron chi connectivity index (χ2n) is 4.45. The van der Waals surface area contributed by atoms with Crippen molar-refractivity contribution in [1.82, 2.24) is 4.90 Å². The second-order valence-corrected chi connectivity index (χ2v) is 4.45. The molecule has 0 radical (unpaired) electrons. The van der Waals surface area contributed by atoms with Crippen molar-refractivity contribution in [2.24, 2.45) is 11.8 Å². The van der Waals surface area contributed by atoms with Gasteiger partial charge in [-0.2, -0.15) is 0 Å². The van der Waals surface area contributed by atoms with Gasteiger partial charge in [0.1, 0.15) is 0 Å². The van der Waals surface area contributed by atoms with Gasteiger partial charge in [0.05, 0.1) is 5.92 Å². The fourth-order valence-electron chi connectivity index (χ4n) is 2.61. The third kappa shape index (κ3) is 2.27. The molecule has 1 rings (SSSR count). The van der Waals surface area contributed by atoms with Crippen molar-refractivity contribution in [2.75, 3.05) is 13.1 Å². The van der Waals surface area contributed by atoms with Gasteiger partial charge in [-0.25, -0.2) is 0 Å². The smallest absolute Gasteiger partial charge is 0.308 e. The summed E-state index contributed by atoms with van der Waals surface area (Å²) in [5.41, 5.74) is 0. The highest BCUT2D eigenvalue weighted by atomic mass is 16.4. The molecular weight excluding hydrogens is 178 g/mol. The molecular formula is C11H21NO2. The van der Waals surface area contributed by atoms with E-state index in [1.807, 2.05) is 0 Å². The highest BCUT2D eigenvalue weighted by molar-refractivity contribution is 5.71. The number of carboxylic acid groups (broad SMARTS) is 1. The lowest BCUT2D eigenvalue weighted by Crippen LogP contribution is -2.50. The van der Waals surface area contributed by atoms with Crippen LogP contribution in [0.2, 0.25) is 0 Å². The Bertz CT molecular complexity index is 203. The molecule has 1 saturated heterocycles. The van der Waals surface area contributed by atoms with E-state index < -0.39 is 5.97 Å². The number of rotatable bonds is 3. The van der Waals surface area contributed by atoms with Crippen LogP contribution in [0.5, 0.6) is 0 Å². The molecule has 2 atom stereocenters. The largest absolute Gasteiger partial charge is 0.481 e. The first-order valence-corrected chi connectivity index (χ1v) is 5.54. The van der Waals surface area contributed by atoms with E-state index in [4.69, 9.17) is 5.11 Å². The summed E-state index contributed by atoms with van der Waals surface area (Å²) in [6.07, 6.45) is 1.86. The molecule has 82 valence electrons. The van der Waals surface area contributed by atoms with E-state index in [1.54, 1.807) is 0 Å². The van der Waals surface area contributed by atoms with Crippen LogP contribution >= 0.6 is 0 Å². The highest BCUT2D eigenvalue weighted by Crippen LogP contribution is 2.28. The van der Waals surface area contributed by atoms with E-state index in [-0.39, 0.29) is 12.0 Å². The van der Waals surface area contributed by atoms with Crippen LogP contribution in [0.15, 0.2) is 0 Å². The number of hydrogen-bond acceptors (Lipinski definition) is 2. The zero-order valence-electron chi connectivity index (χ0n) is 9.36. The second kappa shape index (κ2) is 4.78. The van der Waals surface area contributed by atoms with Gasteiger partial charge in [0.25, 0.3) is 0 Å². The average Bonchev–Trinajstić information content (AvgIpc) is 2.16. The molecule has 1 fully saturated rings. The Labute approximate surface area is 86.1 Å². The molecule has 1 N–H and O–H groups in total. The molecule has 1 heterocycles. The van der Waals surface area contributed by atoms with Crippen LogP contribution < -0.4 is 0 Å². The minimum atomic E-state index is -0.623. The van der Waals surface area contributed by atoms with Gasteiger partial charge in [-0.3, -0.25) is 9.69 Å². The Kier molecular flexibility index (Phi) is 3.93. The molecule has 0 aliphatic carbocycles. The standard InChI is InChI=1S/C11H21NO2/c1-4-12-7-5-6-9(11(13)14)10(12)8(2)3/h8-10H,4-7H2,1-3H3,(H,13,14)/t9-,10+/m0/s1. The van der Waals surface area contributed by atoms with Gasteiger partial charge in [-0.1, -0.05) is 20.8 Å². The predicted octanol–water partition coefficient (Wildman–Crippen LogP) is 1.83. The van der Waals surface area contributed by atoms with Crippen LogP contribution in [-0.2, 0) is 4.79 Å². The van der Waals surface area contributed by atoms with Crippen LogP contribution in [0.4, 0.5) is 0 Å². The molecule has 3 nitrogen and oxygen atoms in total. The molecule has 0 unspecified atom stereocenters. The predicted molar refractivity (Wildman–Crippen MR) is 56.2 cm³/mol. The van der Waals surface area contributed by atoms with Gasteiger partial charge >= 0.3 is 5.97 Å². The third-order valence-corrected chi connectivity index (χ3v) is 3.20. The average molecular weight is 199 g/mol. The first kappa shape index (κ1) is 11.5. The fourth-order valence-corrected chi connectivity index (χ4v) is 2.61. The number of carboxylic acids is 1. The van der Waals surface area contributed by atoms with E-state index in [0.717, 1.165) is 25.9 Å². The Hall–Kier alpha value is -0.570.